The molecule has 4 rings (SSSR count). The predicted octanol–water partition coefficient (Wildman–Crippen LogP) is 3.83. The molecular formula is C20H15N3O3. The molecule has 128 valence electrons. The van der Waals surface area contributed by atoms with Crippen LogP contribution in [0.1, 0.15) is 45.6 Å². The Morgan fingerprint density at radius 2 is 2.00 bits per heavy atom. The smallest absolute Gasteiger partial charge is 0.270 e. The van der Waals surface area contributed by atoms with Gasteiger partial charge in [0.05, 0.1) is 21.7 Å². The van der Waals surface area contributed by atoms with E-state index in [0.29, 0.717) is 11.3 Å². The molecule has 0 atom stereocenters. The van der Waals surface area contributed by atoms with Crippen molar-refractivity contribution in [1.82, 2.24) is 4.40 Å². The van der Waals surface area contributed by atoms with Gasteiger partial charge in [-0.2, -0.15) is 5.26 Å². The van der Waals surface area contributed by atoms with Gasteiger partial charge in [0, 0.05) is 23.9 Å². The molecule has 0 saturated carbocycles. The van der Waals surface area contributed by atoms with Gasteiger partial charge in [0.15, 0.2) is 0 Å². The van der Waals surface area contributed by atoms with E-state index >= 15 is 0 Å². The van der Waals surface area contributed by atoms with E-state index in [2.05, 4.69) is 6.07 Å². The van der Waals surface area contributed by atoms with Gasteiger partial charge in [0.2, 0.25) is 5.78 Å². The molecule has 3 aromatic rings. The SMILES string of the molecule is N#Cc1cc(C(=O)c2cccc([N+](=O)[O-])c2)n2ccc3c(c12)CCCC3. The zero-order valence-electron chi connectivity index (χ0n) is 13.9. The Morgan fingerprint density at radius 3 is 2.77 bits per heavy atom. The summed E-state index contributed by atoms with van der Waals surface area (Å²) in [7, 11) is 0. The van der Waals surface area contributed by atoms with Crippen molar-refractivity contribution in [1.29, 1.82) is 5.26 Å². The summed E-state index contributed by atoms with van der Waals surface area (Å²) in [4.78, 5) is 23.4. The minimum absolute atomic E-state index is 0.130. The zero-order valence-corrected chi connectivity index (χ0v) is 13.9. The number of nitrogens with zero attached hydrogens (tertiary/aromatic N) is 3. The zero-order chi connectivity index (χ0) is 18.3. The number of non-ortho nitro benzene ring substituents is 1. The second-order valence-electron chi connectivity index (χ2n) is 6.44. The van der Waals surface area contributed by atoms with E-state index in [4.69, 9.17) is 0 Å². The number of aromatic nitrogens is 1. The first-order chi connectivity index (χ1) is 12.6. The van der Waals surface area contributed by atoms with Crippen molar-refractivity contribution < 1.29 is 9.72 Å². The van der Waals surface area contributed by atoms with Gasteiger partial charge < -0.3 is 4.40 Å². The summed E-state index contributed by atoms with van der Waals surface area (Å²) in [5, 5.41) is 20.5. The highest BCUT2D eigenvalue weighted by Crippen LogP contribution is 2.30. The van der Waals surface area contributed by atoms with Crippen LogP contribution in [0.25, 0.3) is 5.52 Å². The Bertz CT molecular complexity index is 1110. The molecule has 26 heavy (non-hydrogen) atoms. The number of nitriles is 1. The van der Waals surface area contributed by atoms with Crippen molar-refractivity contribution >= 4 is 17.0 Å². The fourth-order valence-electron chi connectivity index (χ4n) is 3.70. The maximum atomic E-state index is 13.0. The van der Waals surface area contributed by atoms with Crippen molar-refractivity contribution in [3.05, 3.63) is 80.7 Å². The summed E-state index contributed by atoms with van der Waals surface area (Å²) in [6, 6.07) is 11.5. The number of hydrogen-bond donors (Lipinski definition) is 0. The van der Waals surface area contributed by atoms with E-state index in [0.717, 1.165) is 36.8 Å². The number of rotatable bonds is 3. The second kappa shape index (κ2) is 6.12. The maximum Gasteiger partial charge on any atom is 0.270 e. The van der Waals surface area contributed by atoms with Gasteiger partial charge in [-0.15, -0.1) is 0 Å². The molecule has 6 heteroatoms. The third kappa shape index (κ3) is 2.45. The van der Waals surface area contributed by atoms with Gasteiger partial charge in [-0.25, -0.2) is 0 Å². The quantitative estimate of drug-likeness (QED) is 0.410. The van der Waals surface area contributed by atoms with Crippen LogP contribution in [-0.2, 0) is 12.8 Å². The van der Waals surface area contributed by atoms with Gasteiger partial charge in [0.1, 0.15) is 6.07 Å². The number of carbonyl (C=O) groups excluding carboxylic acids is 1. The molecule has 1 aromatic carbocycles. The topological polar surface area (TPSA) is 88.4 Å². The molecule has 0 aliphatic heterocycles. The normalized spacial score (nSPS) is 13.2. The number of pyridine rings is 1. The van der Waals surface area contributed by atoms with Crippen molar-refractivity contribution in [3.8, 4) is 6.07 Å². The van der Waals surface area contributed by atoms with Crippen LogP contribution in [0.4, 0.5) is 5.69 Å². The van der Waals surface area contributed by atoms with E-state index in [1.807, 2.05) is 12.3 Å². The second-order valence-corrected chi connectivity index (χ2v) is 6.44. The van der Waals surface area contributed by atoms with Gasteiger partial charge in [-0.05, 0) is 48.9 Å². The van der Waals surface area contributed by atoms with Crippen LogP contribution < -0.4 is 0 Å². The minimum Gasteiger partial charge on any atom is -0.312 e. The van der Waals surface area contributed by atoms with Crippen LogP contribution in [0, 0.1) is 21.4 Å². The van der Waals surface area contributed by atoms with Crippen LogP contribution in [0.3, 0.4) is 0 Å². The van der Waals surface area contributed by atoms with Crippen molar-refractivity contribution in [2.75, 3.05) is 0 Å². The number of benzene rings is 1. The molecule has 0 unspecified atom stereocenters. The molecule has 0 spiro atoms. The predicted molar refractivity (Wildman–Crippen MR) is 95.3 cm³/mol. The van der Waals surface area contributed by atoms with E-state index in [1.165, 1.54) is 23.8 Å². The lowest BCUT2D eigenvalue weighted by molar-refractivity contribution is -0.384. The van der Waals surface area contributed by atoms with Gasteiger partial charge in [0.25, 0.3) is 5.69 Å². The minimum atomic E-state index is -0.524. The first kappa shape index (κ1) is 16.0. The number of nitro benzene ring substituents is 1. The van der Waals surface area contributed by atoms with E-state index < -0.39 is 4.92 Å². The highest BCUT2D eigenvalue weighted by molar-refractivity contribution is 6.09. The molecule has 1 aliphatic rings. The standard InChI is InChI=1S/C20H15N3O3/c21-12-15-11-18(20(24)14-5-3-6-16(10-14)23(25)26)22-9-8-13-4-1-2-7-17(13)19(15)22/h3,5-6,8-11H,1-2,4,7H2. The Hall–Kier alpha value is -3.46. The lowest BCUT2D eigenvalue weighted by Crippen LogP contribution is -2.09. The molecule has 0 radical (unpaired) electrons. The monoisotopic (exact) mass is 345 g/mol. The summed E-state index contributed by atoms with van der Waals surface area (Å²) >= 11 is 0. The third-order valence-electron chi connectivity index (χ3n) is 4.93. The first-order valence-corrected chi connectivity index (χ1v) is 8.45. The summed E-state index contributed by atoms with van der Waals surface area (Å²) in [6.45, 7) is 0. The number of ketones is 1. The van der Waals surface area contributed by atoms with Crippen LogP contribution >= 0.6 is 0 Å². The molecule has 0 amide bonds. The van der Waals surface area contributed by atoms with Gasteiger partial charge in [-0.1, -0.05) is 12.1 Å². The molecular weight excluding hydrogens is 330 g/mol. The number of hydrogen-bond acceptors (Lipinski definition) is 4. The number of aryl methyl sites for hydroxylation is 2. The summed E-state index contributed by atoms with van der Waals surface area (Å²) in [5.41, 5.74) is 4.08. The molecule has 0 N–H and O–H groups in total. The van der Waals surface area contributed by atoms with Crippen LogP contribution in [0.5, 0.6) is 0 Å². The summed E-state index contributed by atoms with van der Waals surface area (Å²) < 4.78 is 1.75. The summed E-state index contributed by atoms with van der Waals surface area (Å²) in [5.74, 6) is -0.332. The van der Waals surface area contributed by atoms with E-state index in [-0.39, 0.29) is 17.0 Å². The molecule has 0 fully saturated rings. The maximum absolute atomic E-state index is 13.0. The molecule has 1 aliphatic carbocycles. The van der Waals surface area contributed by atoms with Crippen LogP contribution in [0.15, 0.2) is 42.6 Å². The number of carbonyl (C=O) groups is 1. The Balaban J connectivity index is 1.90. The number of nitro groups is 1. The van der Waals surface area contributed by atoms with Crippen molar-refractivity contribution in [2.24, 2.45) is 0 Å². The molecule has 2 heterocycles. The van der Waals surface area contributed by atoms with Crippen LogP contribution in [-0.4, -0.2) is 15.1 Å². The highest BCUT2D eigenvalue weighted by atomic mass is 16.6. The Kier molecular flexibility index (Phi) is 3.77. The Morgan fingerprint density at radius 1 is 1.19 bits per heavy atom. The van der Waals surface area contributed by atoms with Gasteiger partial charge >= 0.3 is 0 Å². The molecule has 0 saturated heterocycles. The van der Waals surface area contributed by atoms with E-state index in [9.17, 15) is 20.2 Å². The lowest BCUT2D eigenvalue weighted by Gasteiger charge is -2.17. The largest absolute Gasteiger partial charge is 0.312 e. The first-order valence-electron chi connectivity index (χ1n) is 8.45. The Labute approximate surface area is 149 Å². The fourth-order valence-corrected chi connectivity index (χ4v) is 3.70. The average Bonchev–Trinajstić information content (AvgIpc) is 3.06. The van der Waals surface area contributed by atoms with Gasteiger partial charge in [-0.3, -0.25) is 14.9 Å². The van der Waals surface area contributed by atoms with Crippen LogP contribution in [0.2, 0.25) is 0 Å². The molecule has 0 bridgehead atoms. The van der Waals surface area contributed by atoms with Crippen molar-refractivity contribution in [2.45, 2.75) is 25.7 Å². The van der Waals surface area contributed by atoms with Crippen molar-refractivity contribution in [3.63, 3.8) is 0 Å². The average molecular weight is 345 g/mol. The third-order valence-corrected chi connectivity index (χ3v) is 4.93. The fraction of sp³-hybridized carbons (Fsp3) is 0.200. The lowest BCUT2D eigenvalue weighted by atomic mass is 9.91. The summed E-state index contributed by atoms with van der Waals surface area (Å²) in [6.07, 6.45) is 5.89. The molecule has 2 aromatic heterocycles. The van der Waals surface area contributed by atoms with E-state index in [1.54, 1.807) is 16.5 Å². The number of fused-ring (bicyclic) bond motifs is 3. The highest BCUT2D eigenvalue weighted by Gasteiger charge is 2.22. The molecule has 6 nitrogen and oxygen atoms in total.